The molecule has 2 unspecified atom stereocenters. The first-order chi connectivity index (χ1) is 4.09. The molecule has 2 atom stereocenters. The minimum Gasteiger partial charge on any atom is -0.382 e. The van der Waals surface area contributed by atoms with Gasteiger partial charge in [0.25, 0.3) is 0 Å². The zero-order valence-corrected chi connectivity index (χ0v) is 4.52. The second-order valence-corrected chi connectivity index (χ2v) is 1.47. The summed E-state index contributed by atoms with van der Waals surface area (Å²) < 4.78 is 0. The van der Waals surface area contributed by atoms with E-state index in [4.69, 9.17) is 10.2 Å². The Morgan fingerprint density at radius 3 is 2.11 bits per heavy atom. The molecule has 0 heterocycles. The van der Waals surface area contributed by atoms with Crippen molar-refractivity contribution in [1.82, 2.24) is 0 Å². The van der Waals surface area contributed by atoms with Crippen LogP contribution >= 0.6 is 0 Å². The van der Waals surface area contributed by atoms with Crippen molar-refractivity contribution in [3.8, 4) is 0 Å². The van der Waals surface area contributed by atoms with E-state index in [0.717, 1.165) is 0 Å². The molecule has 0 aromatic heterocycles. The highest BCUT2D eigenvalue weighted by molar-refractivity contribution is 5.82. The van der Waals surface area contributed by atoms with Gasteiger partial charge in [-0.1, -0.05) is 0 Å². The van der Waals surface area contributed by atoms with Crippen molar-refractivity contribution in [2.24, 2.45) is 5.73 Å². The highest BCUT2D eigenvalue weighted by atomic mass is 16.3. The van der Waals surface area contributed by atoms with Gasteiger partial charge in [-0.15, -0.1) is 0 Å². The van der Waals surface area contributed by atoms with Crippen molar-refractivity contribution in [1.29, 1.82) is 0 Å². The third-order valence-electron chi connectivity index (χ3n) is 0.754. The highest BCUT2D eigenvalue weighted by Crippen LogP contribution is 1.86. The van der Waals surface area contributed by atoms with E-state index in [-0.39, 0.29) is 6.29 Å². The van der Waals surface area contributed by atoms with Gasteiger partial charge in [-0.3, -0.25) is 4.79 Å². The Labute approximate surface area is 51.1 Å². The van der Waals surface area contributed by atoms with Crippen LogP contribution in [0.15, 0.2) is 0 Å². The van der Waals surface area contributed by atoms with Crippen molar-refractivity contribution in [2.45, 2.75) is 12.2 Å². The maximum Gasteiger partial charge on any atom is 0.249 e. The summed E-state index contributed by atoms with van der Waals surface area (Å²) >= 11 is 0. The molecular formula is C4H7NO4. The van der Waals surface area contributed by atoms with Gasteiger partial charge in [0.2, 0.25) is 5.91 Å². The fourth-order valence-electron chi connectivity index (χ4n) is 0.243. The standard InChI is InChI=1S/C4H7NO4/c5-4(9)3(8)2(7)1-6/h1-3,7-8H,(H2,5,9). The van der Waals surface area contributed by atoms with Gasteiger partial charge in [-0.2, -0.15) is 0 Å². The molecule has 5 heteroatoms. The summed E-state index contributed by atoms with van der Waals surface area (Å²) in [4.78, 5) is 19.6. The van der Waals surface area contributed by atoms with E-state index in [2.05, 4.69) is 5.73 Å². The lowest BCUT2D eigenvalue weighted by atomic mass is 10.2. The number of hydrogen-bond donors (Lipinski definition) is 3. The molecule has 1 amide bonds. The topological polar surface area (TPSA) is 101 Å². The highest BCUT2D eigenvalue weighted by Gasteiger charge is 2.20. The smallest absolute Gasteiger partial charge is 0.249 e. The normalized spacial score (nSPS) is 16.2. The molecule has 0 rings (SSSR count). The lowest BCUT2D eigenvalue weighted by Gasteiger charge is -2.05. The van der Waals surface area contributed by atoms with Crippen LogP contribution in [0.3, 0.4) is 0 Å². The van der Waals surface area contributed by atoms with Gasteiger partial charge in [0.15, 0.2) is 12.4 Å². The van der Waals surface area contributed by atoms with Crippen LogP contribution in [0.5, 0.6) is 0 Å². The van der Waals surface area contributed by atoms with Gasteiger partial charge in [-0.25, -0.2) is 0 Å². The summed E-state index contributed by atoms with van der Waals surface area (Å²) in [7, 11) is 0. The molecule has 52 valence electrons. The van der Waals surface area contributed by atoms with Crippen LogP contribution in [0.2, 0.25) is 0 Å². The number of carbonyl (C=O) groups is 2. The predicted octanol–water partition coefficient (Wildman–Crippen LogP) is -2.61. The van der Waals surface area contributed by atoms with Crippen LogP contribution in [0.1, 0.15) is 0 Å². The van der Waals surface area contributed by atoms with E-state index >= 15 is 0 Å². The van der Waals surface area contributed by atoms with E-state index < -0.39 is 18.1 Å². The summed E-state index contributed by atoms with van der Waals surface area (Å²) in [6.07, 6.45) is -3.46. The fraction of sp³-hybridized carbons (Fsp3) is 0.500. The first-order valence-electron chi connectivity index (χ1n) is 2.20. The SMILES string of the molecule is NC(=O)C(O)C(O)C=O. The van der Waals surface area contributed by atoms with Crippen LogP contribution in [-0.4, -0.2) is 34.6 Å². The second-order valence-electron chi connectivity index (χ2n) is 1.47. The maximum absolute atomic E-state index is 9.95. The largest absolute Gasteiger partial charge is 0.382 e. The van der Waals surface area contributed by atoms with E-state index in [1.165, 1.54) is 0 Å². The third kappa shape index (κ3) is 2.20. The van der Waals surface area contributed by atoms with Crippen LogP contribution < -0.4 is 5.73 Å². The van der Waals surface area contributed by atoms with Crippen LogP contribution in [0.25, 0.3) is 0 Å². The molecule has 0 aliphatic heterocycles. The Kier molecular flexibility index (Phi) is 2.83. The van der Waals surface area contributed by atoms with E-state index in [1.54, 1.807) is 0 Å². The average molecular weight is 133 g/mol. The number of aliphatic hydroxyl groups is 2. The zero-order chi connectivity index (χ0) is 7.44. The minimum atomic E-state index is -1.79. The zero-order valence-electron chi connectivity index (χ0n) is 4.52. The molecule has 0 saturated carbocycles. The number of hydrogen-bond acceptors (Lipinski definition) is 4. The molecule has 0 radical (unpaired) electrons. The molecule has 0 bridgehead atoms. The molecule has 0 aliphatic carbocycles. The molecule has 0 fully saturated rings. The number of aliphatic hydroxyl groups excluding tert-OH is 2. The molecule has 0 aromatic rings. The maximum atomic E-state index is 9.95. The average Bonchev–Trinajstić information content (AvgIpc) is 1.84. The summed E-state index contributed by atoms with van der Waals surface area (Å²) in [6.45, 7) is 0. The Morgan fingerprint density at radius 2 is 2.00 bits per heavy atom. The Balaban J connectivity index is 3.86. The van der Waals surface area contributed by atoms with Crippen molar-refractivity contribution in [2.75, 3.05) is 0 Å². The summed E-state index contributed by atoms with van der Waals surface area (Å²) in [5, 5.41) is 16.8. The fourth-order valence-corrected chi connectivity index (χ4v) is 0.243. The van der Waals surface area contributed by atoms with Gasteiger partial charge in [0.1, 0.15) is 6.10 Å². The number of aldehydes is 1. The quantitative estimate of drug-likeness (QED) is 0.367. The lowest BCUT2D eigenvalue weighted by molar-refractivity contribution is -0.136. The first-order valence-corrected chi connectivity index (χ1v) is 2.20. The van der Waals surface area contributed by atoms with Crippen LogP contribution in [-0.2, 0) is 9.59 Å². The first kappa shape index (κ1) is 8.06. The Bertz CT molecular complexity index is 124. The molecule has 0 aromatic carbocycles. The van der Waals surface area contributed by atoms with Gasteiger partial charge in [0.05, 0.1) is 0 Å². The molecule has 5 nitrogen and oxygen atoms in total. The second kappa shape index (κ2) is 3.16. The summed E-state index contributed by atoms with van der Waals surface area (Å²) in [6, 6.07) is 0. The molecule has 0 aliphatic rings. The van der Waals surface area contributed by atoms with Gasteiger partial charge < -0.3 is 20.7 Å². The van der Waals surface area contributed by atoms with Crippen molar-refractivity contribution >= 4 is 12.2 Å². The summed E-state index contributed by atoms with van der Waals surface area (Å²) in [5.74, 6) is -1.12. The minimum absolute atomic E-state index is 0.0371. The lowest BCUT2D eigenvalue weighted by Crippen LogP contribution is -2.39. The van der Waals surface area contributed by atoms with Gasteiger partial charge in [-0.05, 0) is 0 Å². The molecular weight excluding hydrogens is 126 g/mol. The monoisotopic (exact) mass is 133 g/mol. The van der Waals surface area contributed by atoms with E-state index in [1.807, 2.05) is 0 Å². The Hall–Kier alpha value is -0.940. The molecule has 9 heavy (non-hydrogen) atoms. The Morgan fingerprint density at radius 1 is 1.56 bits per heavy atom. The van der Waals surface area contributed by atoms with E-state index in [0.29, 0.717) is 0 Å². The number of carbonyl (C=O) groups excluding carboxylic acids is 2. The van der Waals surface area contributed by atoms with Gasteiger partial charge in [0, 0.05) is 0 Å². The van der Waals surface area contributed by atoms with Crippen LogP contribution in [0, 0.1) is 0 Å². The van der Waals surface area contributed by atoms with Gasteiger partial charge >= 0.3 is 0 Å². The number of rotatable bonds is 3. The number of primary amides is 1. The predicted molar refractivity (Wildman–Crippen MR) is 27.3 cm³/mol. The molecule has 4 N–H and O–H groups in total. The van der Waals surface area contributed by atoms with Crippen molar-refractivity contribution in [3.63, 3.8) is 0 Å². The van der Waals surface area contributed by atoms with Crippen molar-refractivity contribution in [3.05, 3.63) is 0 Å². The van der Waals surface area contributed by atoms with Crippen molar-refractivity contribution < 1.29 is 19.8 Å². The summed E-state index contributed by atoms with van der Waals surface area (Å²) in [5.41, 5.74) is 4.50. The molecule has 0 spiro atoms. The number of nitrogens with two attached hydrogens (primary N) is 1. The van der Waals surface area contributed by atoms with Crippen LogP contribution in [0.4, 0.5) is 0 Å². The van der Waals surface area contributed by atoms with E-state index in [9.17, 15) is 9.59 Å². The molecule has 0 saturated heterocycles. The third-order valence-corrected chi connectivity index (χ3v) is 0.754. The number of amides is 1.